The van der Waals surface area contributed by atoms with Gasteiger partial charge in [-0.25, -0.2) is 0 Å². The summed E-state index contributed by atoms with van der Waals surface area (Å²) in [6.45, 7) is -0.236. The Kier molecular flexibility index (Phi) is 3.10. The van der Waals surface area contributed by atoms with E-state index < -0.39 is 17.9 Å². The number of primary amides is 1. The third-order valence-electron chi connectivity index (χ3n) is 2.53. The highest BCUT2D eigenvalue weighted by atomic mass is 16.5. The number of hydrogen-bond acceptors (Lipinski definition) is 5. The summed E-state index contributed by atoms with van der Waals surface area (Å²) in [6.07, 6.45) is 0.710. The van der Waals surface area contributed by atoms with Crippen molar-refractivity contribution in [2.75, 3.05) is 6.54 Å². The van der Waals surface area contributed by atoms with Gasteiger partial charge in [0.2, 0.25) is 5.91 Å². The maximum Gasteiger partial charge on any atom is 0.273 e. The first kappa shape index (κ1) is 11.6. The fourth-order valence-corrected chi connectivity index (χ4v) is 1.34. The van der Waals surface area contributed by atoms with E-state index in [1.54, 1.807) is 6.07 Å². The number of aliphatic hydroxyl groups is 1. The molecule has 1 heterocycles. The molecular weight excluding hydrogens is 226 g/mol. The maximum atomic E-state index is 11.5. The number of aliphatic hydroxyl groups excluding tert-OH is 1. The molecule has 2 rings (SSSR count). The third kappa shape index (κ3) is 2.82. The first-order valence-electron chi connectivity index (χ1n) is 5.30. The number of nitrogens with one attached hydrogen (secondary N) is 1. The van der Waals surface area contributed by atoms with Crippen LogP contribution in [0.5, 0.6) is 0 Å². The van der Waals surface area contributed by atoms with Gasteiger partial charge in [0, 0.05) is 12.0 Å². The van der Waals surface area contributed by atoms with Crippen molar-refractivity contribution in [1.29, 1.82) is 0 Å². The van der Waals surface area contributed by atoms with E-state index in [1.807, 2.05) is 0 Å². The molecule has 0 radical (unpaired) electrons. The number of aromatic nitrogens is 1. The number of carbonyl (C=O) groups excluding carboxylic acids is 2. The van der Waals surface area contributed by atoms with E-state index in [2.05, 4.69) is 10.5 Å². The molecule has 1 unspecified atom stereocenters. The standard InChI is InChI=1S/C10H13N3O4/c11-9(15)7(14)4-12-10(16)6-3-8(17-13-6)5-1-2-5/h3,5,7,14H,1-2,4H2,(H2,11,15)(H,12,16). The van der Waals surface area contributed by atoms with Crippen LogP contribution < -0.4 is 11.1 Å². The minimum absolute atomic E-state index is 0.142. The van der Waals surface area contributed by atoms with Crippen LogP contribution in [0.15, 0.2) is 10.6 Å². The lowest BCUT2D eigenvalue weighted by atomic mass is 10.2. The quantitative estimate of drug-likeness (QED) is 0.617. The topological polar surface area (TPSA) is 118 Å². The summed E-state index contributed by atoms with van der Waals surface area (Å²) in [5.74, 6) is -0.309. The first-order valence-corrected chi connectivity index (χ1v) is 5.30. The van der Waals surface area contributed by atoms with Crippen LogP contribution in [0.2, 0.25) is 0 Å². The molecule has 1 saturated carbocycles. The summed E-state index contributed by atoms with van der Waals surface area (Å²) in [6, 6.07) is 1.57. The number of rotatable bonds is 5. The Balaban J connectivity index is 1.88. The van der Waals surface area contributed by atoms with Crippen molar-refractivity contribution in [1.82, 2.24) is 10.5 Å². The summed E-state index contributed by atoms with van der Waals surface area (Å²) in [4.78, 5) is 22.1. The number of nitrogens with two attached hydrogens (primary N) is 1. The monoisotopic (exact) mass is 239 g/mol. The predicted molar refractivity (Wildman–Crippen MR) is 56.0 cm³/mol. The van der Waals surface area contributed by atoms with Crippen LogP contribution in [0.4, 0.5) is 0 Å². The van der Waals surface area contributed by atoms with Crippen LogP contribution in [0.25, 0.3) is 0 Å². The highest BCUT2D eigenvalue weighted by molar-refractivity contribution is 5.92. The molecule has 92 valence electrons. The Bertz CT molecular complexity index is 439. The van der Waals surface area contributed by atoms with E-state index in [1.165, 1.54) is 0 Å². The second kappa shape index (κ2) is 4.54. The highest BCUT2D eigenvalue weighted by Crippen LogP contribution is 2.40. The van der Waals surface area contributed by atoms with E-state index in [4.69, 9.17) is 15.4 Å². The second-order valence-corrected chi connectivity index (χ2v) is 4.02. The second-order valence-electron chi connectivity index (χ2n) is 4.02. The lowest BCUT2D eigenvalue weighted by Crippen LogP contribution is -2.40. The van der Waals surface area contributed by atoms with Crippen LogP contribution in [0.1, 0.15) is 35.0 Å². The SMILES string of the molecule is NC(=O)C(O)CNC(=O)c1cc(C2CC2)on1. The van der Waals surface area contributed by atoms with Gasteiger partial charge in [0.25, 0.3) is 5.91 Å². The maximum absolute atomic E-state index is 11.5. The van der Waals surface area contributed by atoms with Crippen LogP contribution in [-0.2, 0) is 4.79 Å². The van der Waals surface area contributed by atoms with Crippen LogP contribution >= 0.6 is 0 Å². The molecule has 0 bridgehead atoms. The number of carbonyl (C=O) groups is 2. The molecule has 2 amide bonds. The number of nitrogens with zero attached hydrogens (tertiary/aromatic N) is 1. The minimum Gasteiger partial charge on any atom is -0.381 e. The van der Waals surface area contributed by atoms with E-state index in [0.29, 0.717) is 11.7 Å². The normalized spacial score (nSPS) is 16.5. The summed E-state index contributed by atoms with van der Waals surface area (Å²) in [5, 5.41) is 15.0. The van der Waals surface area contributed by atoms with Gasteiger partial charge in [-0.05, 0) is 12.8 Å². The zero-order valence-electron chi connectivity index (χ0n) is 9.05. The van der Waals surface area contributed by atoms with E-state index >= 15 is 0 Å². The highest BCUT2D eigenvalue weighted by Gasteiger charge is 2.29. The molecule has 4 N–H and O–H groups in total. The lowest BCUT2D eigenvalue weighted by Gasteiger charge is -2.06. The molecule has 1 fully saturated rings. The smallest absolute Gasteiger partial charge is 0.273 e. The molecule has 0 aromatic carbocycles. The van der Waals surface area contributed by atoms with Crippen molar-refractivity contribution in [2.45, 2.75) is 24.9 Å². The Morgan fingerprint density at radius 1 is 1.65 bits per heavy atom. The summed E-state index contributed by atoms with van der Waals surface area (Å²) >= 11 is 0. The summed E-state index contributed by atoms with van der Waals surface area (Å²) in [7, 11) is 0. The first-order chi connectivity index (χ1) is 8.08. The molecule has 17 heavy (non-hydrogen) atoms. The van der Waals surface area contributed by atoms with Gasteiger partial charge in [0.1, 0.15) is 11.9 Å². The molecule has 1 aromatic heterocycles. The summed E-state index contributed by atoms with van der Waals surface area (Å²) < 4.78 is 5.00. The van der Waals surface area contributed by atoms with Crippen molar-refractivity contribution >= 4 is 11.8 Å². The average molecular weight is 239 g/mol. The Morgan fingerprint density at radius 2 is 2.35 bits per heavy atom. The van der Waals surface area contributed by atoms with Gasteiger partial charge < -0.3 is 20.7 Å². The molecular formula is C10H13N3O4. The number of hydrogen-bond donors (Lipinski definition) is 3. The Morgan fingerprint density at radius 3 is 2.94 bits per heavy atom. The molecule has 7 heteroatoms. The van der Waals surface area contributed by atoms with Crippen molar-refractivity contribution in [2.24, 2.45) is 5.73 Å². The molecule has 1 aliphatic rings. The van der Waals surface area contributed by atoms with E-state index in [-0.39, 0.29) is 12.2 Å². The third-order valence-corrected chi connectivity index (χ3v) is 2.53. The minimum atomic E-state index is -1.39. The van der Waals surface area contributed by atoms with Crippen molar-refractivity contribution < 1.29 is 19.2 Å². The number of amides is 2. The fraction of sp³-hybridized carbons (Fsp3) is 0.500. The molecule has 1 aromatic rings. The fourth-order valence-electron chi connectivity index (χ4n) is 1.34. The molecule has 0 spiro atoms. The van der Waals surface area contributed by atoms with Gasteiger partial charge in [-0.2, -0.15) is 0 Å². The van der Waals surface area contributed by atoms with E-state index in [0.717, 1.165) is 12.8 Å². The molecule has 1 aliphatic carbocycles. The Hall–Kier alpha value is -1.89. The largest absolute Gasteiger partial charge is 0.381 e. The predicted octanol–water partition coefficient (Wildman–Crippen LogP) is -0.872. The molecule has 7 nitrogen and oxygen atoms in total. The van der Waals surface area contributed by atoms with Crippen molar-refractivity contribution in [3.8, 4) is 0 Å². The lowest BCUT2D eigenvalue weighted by molar-refractivity contribution is -0.125. The zero-order valence-corrected chi connectivity index (χ0v) is 9.05. The van der Waals surface area contributed by atoms with Gasteiger partial charge in [-0.1, -0.05) is 5.16 Å². The van der Waals surface area contributed by atoms with Gasteiger partial charge in [-0.3, -0.25) is 9.59 Å². The van der Waals surface area contributed by atoms with Gasteiger partial charge >= 0.3 is 0 Å². The molecule has 0 aliphatic heterocycles. The Labute approximate surface area is 97.0 Å². The molecule has 1 atom stereocenters. The van der Waals surface area contributed by atoms with Gasteiger partial charge in [0.15, 0.2) is 5.69 Å². The summed E-state index contributed by atoms with van der Waals surface area (Å²) in [5.41, 5.74) is 4.98. The van der Waals surface area contributed by atoms with Gasteiger partial charge in [-0.15, -0.1) is 0 Å². The van der Waals surface area contributed by atoms with Crippen LogP contribution in [0.3, 0.4) is 0 Å². The van der Waals surface area contributed by atoms with Crippen LogP contribution in [-0.4, -0.2) is 34.7 Å². The zero-order chi connectivity index (χ0) is 12.4. The van der Waals surface area contributed by atoms with Gasteiger partial charge in [0.05, 0.1) is 6.54 Å². The molecule has 0 saturated heterocycles. The average Bonchev–Trinajstić information content (AvgIpc) is 3.03. The van der Waals surface area contributed by atoms with Crippen molar-refractivity contribution in [3.63, 3.8) is 0 Å². The van der Waals surface area contributed by atoms with Crippen molar-refractivity contribution in [3.05, 3.63) is 17.5 Å². The van der Waals surface area contributed by atoms with E-state index in [9.17, 15) is 9.59 Å². The van der Waals surface area contributed by atoms with Crippen LogP contribution in [0, 0.1) is 0 Å².